The highest BCUT2D eigenvalue weighted by atomic mass is 16.3. The van der Waals surface area contributed by atoms with E-state index < -0.39 is 0 Å². The Hall–Kier alpha value is -1.50. The van der Waals surface area contributed by atoms with Gasteiger partial charge in [-0.15, -0.1) is 5.10 Å². The zero-order chi connectivity index (χ0) is 16.1. The van der Waals surface area contributed by atoms with Gasteiger partial charge < -0.3 is 10.0 Å². The van der Waals surface area contributed by atoms with E-state index in [1.807, 2.05) is 11.8 Å². The molecule has 1 aliphatic rings. The van der Waals surface area contributed by atoms with Crippen molar-refractivity contribution in [1.82, 2.24) is 25.1 Å². The predicted octanol–water partition coefficient (Wildman–Crippen LogP) is 1.02. The molecule has 2 heterocycles. The van der Waals surface area contributed by atoms with Gasteiger partial charge in [-0.1, -0.05) is 13.8 Å². The Bertz CT molecular complexity index is 480. The van der Waals surface area contributed by atoms with Gasteiger partial charge in [-0.05, 0) is 48.4 Å². The average Bonchev–Trinajstić information content (AvgIpc) is 2.89. The minimum atomic E-state index is -0.235. The predicted molar refractivity (Wildman–Crippen MR) is 81.9 cm³/mol. The molecular formula is C15H27N5O2. The molecule has 1 saturated heterocycles. The van der Waals surface area contributed by atoms with Crippen LogP contribution in [0.15, 0.2) is 0 Å². The van der Waals surface area contributed by atoms with Gasteiger partial charge in [-0.3, -0.25) is 4.79 Å². The first kappa shape index (κ1) is 16.9. The summed E-state index contributed by atoms with van der Waals surface area (Å²) in [6.07, 6.45) is 2.82. The summed E-state index contributed by atoms with van der Waals surface area (Å²) in [5.41, 5.74) is 0. The topological polar surface area (TPSA) is 84.1 Å². The van der Waals surface area contributed by atoms with Crippen LogP contribution in [0.3, 0.4) is 0 Å². The number of aryl methyl sites for hydroxylation is 2. The Morgan fingerprint density at radius 2 is 2.05 bits per heavy atom. The number of hydrogen-bond acceptors (Lipinski definition) is 5. The van der Waals surface area contributed by atoms with Gasteiger partial charge in [0.25, 0.3) is 0 Å². The van der Waals surface area contributed by atoms with Crippen LogP contribution in [0.4, 0.5) is 0 Å². The van der Waals surface area contributed by atoms with Gasteiger partial charge in [0.05, 0.1) is 12.6 Å². The average molecular weight is 309 g/mol. The molecule has 1 aromatic heterocycles. The lowest BCUT2D eigenvalue weighted by Gasteiger charge is -2.34. The van der Waals surface area contributed by atoms with Crippen molar-refractivity contribution in [3.05, 3.63) is 5.82 Å². The lowest BCUT2D eigenvalue weighted by molar-refractivity contribution is -0.133. The molecule has 1 amide bonds. The number of rotatable bonds is 6. The molecule has 0 spiro atoms. The number of likely N-dealkylation sites (tertiary alicyclic amines) is 1. The third kappa shape index (κ3) is 4.50. The fourth-order valence-electron chi connectivity index (χ4n) is 3.02. The normalized spacial score (nSPS) is 18.0. The molecule has 0 aliphatic carbocycles. The molecule has 0 radical (unpaired) electrons. The second-order valence-corrected chi connectivity index (χ2v) is 6.61. The summed E-state index contributed by atoms with van der Waals surface area (Å²) in [7, 11) is 0. The summed E-state index contributed by atoms with van der Waals surface area (Å²) in [6, 6.07) is 0. The van der Waals surface area contributed by atoms with Gasteiger partial charge in [0.15, 0.2) is 0 Å². The first-order chi connectivity index (χ1) is 10.5. The summed E-state index contributed by atoms with van der Waals surface area (Å²) in [4.78, 5) is 14.1. The second kappa shape index (κ2) is 7.67. The van der Waals surface area contributed by atoms with Crippen LogP contribution >= 0.6 is 0 Å². The van der Waals surface area contributed by atoms with E-state index in [2.05, 4.69) is 29.4 Å². The first-order valence-corrected chi connectivity index (χ1v) is 8.16. The molecule has 7 nitrogen and oxygen atoms in total. The van der Waals surface area contributed by atoms with Gasteiger partial charge in [-0.2, -0.15) is 0 Å². The van der Waals surface area contributed by atoms with Crippen molar-refractivity contribution in [2.45, 2.75) is 59.1 Å². The lowest BCUT2D eigenvalue weighted by atomic mass is 9.87. The van der Waals surface area contributed by atoms with Crippen LogP contribution in [0.1, 0.15) is 45.4 Å². The molecule has 7 heteroatoms. The maximum atomic E-state index is 12.2. The molecule has 0 aromatic carbocycles. The molecule has 1 atom stereocenters. The minimum Gasteiger partial charge on any atom is -0.393 e. The second-order valence-electron chi connectivity index (χ2n) is 6.61. The fraction of sp³-hybridized carbons (Fsp3) is 0.867. The molecular weight excluding hydrogens is 282 g/mol. The molecule has 1 unspecified atom stereocenters. The van der Waals surface area contributed by atoms with E-state index in [1.165, 1.54) is 0 Å². The standard InChI is InChI=1S/C15H27N5O2/c1-11(2)10-14(21)13-4-7-19(8-5-13)15(22)6-9-20-12(3)16-17-18-20/h11,13-14,21H,4-10H2,1-3H3. The Morgan fingerprint density at radius 1 is 1.36 bits per heavy atom. The molecule has 1 aliphatic heterocycles. The van der Waals surface area contributed by atoms with E-state index in [-0.39, 0.29) is 12.0 Å². The highest BCUT2D eigenvalue weighted by Crippen LogP contribution is 2.24. The van der Waals surface area contributed by atoms with E-state index in [0.717, 1.165) is 38.2 Å². The van der Waals surface area contributed by atoms with E-state index >= 15 is 0 Å². The van der Waals surface area contributed by atoms with Crippen molar-refractivity contribution in [1.29, 1.82) is 0 Å². The Kier molecular flexibility index (Phi) is 5.88. The SMILES string of the molecule is Cc1nnnn1CCC(=O)N1CCC(C(O)CC(C)C)CC1. The number of aromatic nitrogens is 4. The van der Waals surface area contributed by atoms with Crippen LogP contribution in [-0.2, 0) is 11.3 Å². The summed E-state index contributed by atoms with van der Waals surface area (Å²) < 4.78 is 1.65. The monoisotopic (exact) mass is 309 g/mol. The number of hydrogen-bond donors (Lipinski definition) is 1. The first-order valence-electron chi connectivity index (χ1n) is 8.16. The van der Waals surface area contributed by atoms with Gasteiger partial charge in [0.1, 0.15) is 5.82 Å². The van der Waals surface area contributed by atoms with E-state index in [9.17, 15) is 9.90 Å². The number of amides is 1. The maximum absolute atomic E-state index is 12.2. The number of carbonyl (C=O) groups is 1. The molecule has 1 fully saturated rings. The third-order valence-corrected chi connectivity index (χ3v) is 4.40. The third-order valence-electron chi connectivity index (χ3n) is 4.40. The molecule has 0 saturated carbocycles. The fourth-order valence-corrected chi connectivity index (χ4v) is 3.02. The van der Waals surface area contributed by atoms with Crippen LogP contribution in [0.2, 0.25) is 0 Å². The molecule has 124 valence electrons. The summed E-state index contributed by atoms with van der Waals surface area (Å²) in [5, 5.41) is 21.4. The van der Waals surface area contributed by atoms with Crippen molar-refractivity contribution >= 4 is 5.91 Å². The van der Waals surface area contributed by atoms with Crippen molar-refractivity contribution in [2.75, 3.05) is 13.1 Å². The number of aliphatic hydroxyl groups is 1. The summed E-state index contributed by atoms with van der Waals surface area (Å²) in [6.45, 7) is 8.09. The number of nitrogens with zero attached hydrogens (tertiary/aromatic N) is 5. The van der Waals surface area contributed by atoms with Crippen molar-refractivity contribution < 1.29 is 9.90 Å². The maximum Gasteiger partial charge on any atom is 0.224 e. The van der Waals surface area contributed by atoms with Crippen LogP contribution in [-0.4, -0.2) is 55.3 Å². The largest absolute Gasteiger partial charge is 0.393 e. The zero-order valence-electron chi connectivity index (χ0n) is 13.8. The smallest absolute Gasteiger partial charge is 0.224 e. The van der Waals surface area contributed by atoms with Gasteiger partial charge in [0, 0.05) is 19.5 Å². The number of aliphatic hydroxyl groups excluding tert-OH is 1. The number of tetrazole rings is 1. The molecule has 0 bridgehead atoms. The minimum absolute atomic E-state index is 0.145. The van der Waals surface area contributed by atoms with Crippen molar-refractivity contribution in [3.63, 3.8) is 0 Å². The number of piperidine rings is 1. The summed E-state index contributed by atoms with van der Waals surface area (Å²) >= 11 is 0. The van der Waals surface area contributed by atoms with Gasteiger partial charge >= 0.3 is 0 Å². The van der Waals surface area contributed by atoms with E-state index in [0.29, 0.717) is 24.8 Å². The lowest BCUT2D eigenvalue weighted by Crippen LogP contribution is -2.41. The van der Waals surface area contributed by atoms with Crippen molar-refractivity contribution in [3.8, 4) is 0 Å². The van der Waals surface area contributed by atoms with Crippen LogP contribution in [0.5, 0.6) is 0 Å². The highest BCUT2D eigenvalue weighted by Gasteiger charge is 2.27. The Morgan fingerprint density at radius 3 is 2.59 bits per heavy atom. The molecule has 1 aromatic rings. The Balaban J connectivity index is 1.74. The quantitative estimate of drug-likeness (QED) is 0.848. The van der Waals surface area contributed by atoms with E-state index in [4.69, 9.17) is 0 Å². The van der Waals surface area contributed by atoms with Gasteiger partial charge in [0.2, 0.25) is 5.91 Å². The molecule has 22 heavy (non-hydrogen) atoms. The van der Waals surface area contributed by atoms with Crippen molar-refractivity contribution in [2.24, 2.45) is 11.8 Å². The molecule has 2 rings (SSSR count). The van der Waals surface area contributed by atoms with E-state index in [1.54, 1.807) is 4.68 Å². The highest BCUT2D eigenvalue weighted by molar-refractivity contribution is 5.76. The van der Waals surface area contributed by atoms with Crippen LogP contribution in [0.25, 0.3) is 0 Å². The zero-order valence-corrected chi connectivity index (χ0v) is 13.8. The molecule has 1 N–H and O–H groups in total. The number of carbonyl (C=O) groups excluding carboxylic acids is 1. The van der Waals surface area contributed by atoms with Crippen LogP contribution < -0.4 is 0 Å². The van der Waals surface area contributed by atoms with Gasteiger partial charge in [-0.25, -0.2) is 4.68 Å². The summed E-state index contributed by atoms with van der Waals surface area (Å²) in [5.74, 6) is 1.71. The Labute approximate surface area is 131 Å². The van der Waals surface area contributed by atoms with Crippen LogP contribution in [0, 0.1) is 18.8 Å².